The number of aryl methyl sites for hydroxylation is 2. The van der Waals surface area contributed by atoms with Crippen LogP contribution < -0.4 is 9.03 Å². The SMILES string of the molecule is CCN(c1ccccc1)S(=O)(=O)c1cc(NS(=O)(=O)c2cc(C)ccc2C)ccc1Cl. The maximum atomic E-state index is 13.3. The highest BCUT2D eigenvalue weighted by Gasteiger charge is 2.27. The van der Waals surface area contributed by atoms with Gasteiger partial charge in [-0.1, -0.05) is 41.9 Å². The van der Waals surface area contributed by atoms with Gasteiger partial charge in [0.2, 0.25) is 0 Å². The van der Waals surface area contributed by atoms with E-state index in [0.29, 0.717) is 11.3 Å². The molecule has 0 unspecified atom stereocenters. The van der Waals surface area contributed by atoms with Gasteiger partial charge >= 0.3 is 0 Å². The Hall–Kier alpha value is -2.55. The quantitative estimate of drug-likeness (QED) is 0.519. The summed E-state index contributed by atoms with van der Waals surface area (Å²) in [5, 5.41) is 0.00376. The predicted molar refractivity (Wildman–Crippen MR) is 125 cm³/mol. The Balaban J connectivity index is 2.03. The zero-order valence-corrected chi connectivity index (χ0v) is 19.7. The van der Waals surface area contributed by atoms with E-state index in [-0.39, 0.29) is 27.0 Å². The molecule has 6 nitrogen and oxygen atoms in total. The summed E-state index contributed by atoms with van der Waals surface area (Å²) in [5.74, 6) is 0. The topological polar surface area (TPSA) is 83.6 Å². The number of rotatable bonds is 7. The van der Waals surface area contributed by atoms with E-state index in [0.717, 1.165) is 5.56 Å². The van der Waals surface area contributed by atoms with Crippen molar-refractivity contribution in [3.8, 4) is 0 Å². The van der Waals surface area contributed by atoms with Gasteiger partial charge in [0.05, 0.1) is 21.3 Å². The fourth-order valence-corrected chi connectivity index (χ4v) is 6.53. The molecule has 0 spiro atoms. The largest absolute Gasteiger partial charge is 0.280 e. The molecule has 0 fully saturated rings. The van der Waals surface area contributed by atoms with Gasteiger partial charge in [-0.05, 0) is 68.3 Å². The van der Waals surface area contributed by atoms with Crippen molar-refractivity contribution in [1.82, 2.24) is 0 Å². The van der Waals surface area contributed by atoms with Gasteiger partial charge in [-0.15, -0.1) is 0 Å². The highest BCUT2D eigenvalue weighted by molar-refractivity contribution is 7.93. The Morgan fingerprint density at radius 3 is 2.19 bits per heavy atom. The van der Waals surface area contributed by atoms with Crippen LogP contribution in [0.15, 0.2) is 76.5 Å². The number of halogens is 1. The fraction of sp³-hybridized carbons (Fsp3) is 0.182. The van der Waals surface area contributed by atoms with Crippen LogP contribution in [0, 0.1) is 13.8 Å². The third-order valence-corrected chi connectivity index (χ3v) is 8.62. The van der Waals surface area contributed by atoms with Gasteiger partial charge in [0.1, 0.15) is 4.90 Å². The molecule has 0 aliphatic rings. The lowest BCUT2D eigenvalue weighted by atomic mass is 10.2. The minimum atomic E-state index is -4.03. The van der Waals surface area contributed by atoms with E-state index in [2.05, 4.69) is 4.72 Å². The summed E-state index contributed by atoms with van der Waals surface area (Å²) in [4.78, 5) is -0.0487. The number of hydrogen-bond donors (Lipinski definition) is 1. The Labute approximate surface area is 188 Å². The molecule has 164 valence electrons. The maximum Gasteiger partial charge on any atom is 0.265 e. The van der Waals surface area contributed by atoms with Crippen LogP contribution in [0.5, 0.6) is 0 Å². The van der Waals surface area contributed by atoms with E-state index < -0.39 is 20.0 Å². The van der Waals surface area contributed by atoms with Gasteiger partial charge in [-0.3, -0.25) is 9.03 Å². The van der Waals surface area contributed by atoms with E-state index in [1.54, 1.807) is 63.2 Å². The maximum absolute atomic E-state index is 13.3. The first-order chi connectivity index (χ1) is 14.6. The van der Waals surface area contributed by atoms with Crippen LogP contribution in [0.2, 0.25) is 5.02 Å². The van der Waals surface area contributed by atoms with Gasteiger partial charge in [0, 0.05) is 6.54 Å². The molecule has 31 heavy (non-hydrogen) atoms. The molecule has 0 saturated carbocycles. The van der Waals surface area contributed by atoms with E-state index in [9.17, 15) is 16.8 Å². The van der Waals surface area contributed by atoms with Crippen LogP contribution >= 0.6 is 11.6 Å². The first-order valence-corrected chi connectivity index (χ1v) is 12.8. The summed E-state index contributed by atoms with van der Waals surface area (Å²) in [7, 11) is -7.95. The van der Waals surface area contributed by atoms with Gasteiger partial charge in [-0.25, -0.2) is 16.8 Å². The molecule has 0 saturated heterocycles. The van der Waals surface area contributed by atoms with Gasteiger partial charge in [0.15, 0.2) is 0 Å². The zero-order chi connectivity index (χ0) is 22.8. The van der Waals surface area contributed by atoms with E-state index >= 15 is 0 Å². The average Bonchev–Trinajstić information content (AvgIpc) is 2.72. The van der Waals surface area contributed by atoms with Gasteiger partial charge in [0.25, 0.3) is 20.0 Å². The molecule has 3 aromatic rings. The Kier molecular flexibility index (Phi) is 6.64. The van der Waals surface area contributed by atoms with Crippen LogP contribution in [0.1, 0.15) is 18.1 Å². The Morgan fingerprint density at radius 1 is 0.871 bits per heavy atom. The second kappa shape index (κ2) is 8.90. The first kappa shape index (κ1) is 23.1. The molecule has 0 heterocycles. The molecule has 0 bridgehead atoms. The zero-order valence-electron chi connectivity index (χ0n) is 17.3. The molecule has 1 N–H and O–H groups in total. The molecule has 0 atom stereocenters. The fourth-order valence-electron chi connectivity index (χ4n) is 3.18. The summed E-state index contributed by atoms with van der Waals surface area (Å²) in [6.07, 6.45) is 0. The lowest BCUT2D eigenvalue weighted by molar-refractivity contribution is 0.591. The molecule has 3 aromatic carbocycles. The minimum Gasteiger partial charge on any atom is -0.280 e. The van der Waals surface area contributed by atoms with E-state index in [1.165, 1.54) is 22.5 Å². The van der Waals surface area contributed by atoms with Crippen LogP contribution in [-0.2, 0) is 20.0 Å². The lowest BCUT2D eigenvalue weighted by Crippen LogP contribution is -2.31. The second-order valence-electron chi connectivity index (χ2n) is 7.02. The molecule has 0 aromatic heterocycles. The number of hydrogen-bond acceptors (Lipinski definition) is 4. The monoisotopic (exact) mass is 478 g/mol. The van der Waals surface area contributed by atoms with Crippen LogP contribution in [-0.4, -0.2) is 23.4 Å². The van der Waals surface area contributed by atoms with Crippen molar-refractivity contribution < 1.29 is 16.8 Å². The summed E-state index contributed by atoms with van der Waals surface area (Å²) in [5.41, 5.74) is 1.98. The first-order valence-electron chi connectivity index (χ1n) is 9.53. The standard InChI is InChI=1S/C22H23ClN2O4S2/c1-4-25(19-8-6-5-7-9-19)31(28,29)22-15-18(12-13-20(22)23)24-30(26,27)21-14-16(2)10-11-17(21)3/h5-15,24H,4H2,1-3H3. The highest BCUT2D eigenvalue weighted by Crippen LogP contribution is 2.31. The number of para-hydroxylation sites is 1. The smallest absolute Gasteiger partial charge is 0.265 e. The lowest BCUT2D eigenvalue weighted by Gasteiger charge is -2.23. The summed E-state index contributed by atoms with van der Waals surface area (Å²) < 4.78 is 56.2. The second-order valence-corrected chi connectivity index (χ2v) is 10.9. The Bertz CT molecular complexity index is 1310. The molecule has 0 aliphatic heterocycles. The third-order valence-electron chi connectivity index (χ3n) is 4.72. The number of nitrogens with one attached hydrogen (secondary N) is 1. The van der Waals surface area contributed by atoms with Crippen molar-refractivity contribution in [3.63, 3.8) is 0 Å². The van der Waals surface area contributed by atoms with Gasteiger partial charge in [-0.2, -0.15) is 0 Å². The van der Waals surface area contributed by atoms with E-state index in [1.807, 2.05) is 6.07 Å². The van der Waals surface area contributed by atoms with Gasteiger partial charge < -0.3 is 0 Å². The van der Waals surface area contributed by atoms with E-state index in [4.69, 9.17) is 11.6 Å². The molecular weight excluding hydrogens is 456 g/mol. The van der Waals surface area contributed by atoms with Crippen molar-refractivity contribution in [3.05, 3.63) is 82.9 Å². The third kappa shape index (κ3) is 4.87. The number of sulfonamides is 2. The van der Waals surface area contributed by atoms with Crippen LogP contribution in [0.25, 0.3) is 0 Å². The number of benzene rings is 3. The molecule has 3 rings (SSSR count). The van der Waals surface area contributed by atoms with Crippen LogP contribution in [0.3, 0.4) is 0 Å². The average molecular weight is 479 g/mol. The van der Waals surface area contributed by atoms with Crippen molar-refractivity contribution in [2.45, 2.75) is 30.6 Å². The van der Waals surface area contributed by atoms with Crippen LogP contribution in [0.4, 0.5) is 11.4 Å². The predicted octanol–water partition coefficient (Wildman–Crippen LogP) is 4.97. The highest BCUT2D eigenvalue weighted by atomic mass is 35.5. The minimum absolute atomic E-state index is 0.00376. The molecule has 0 amide bonds. The summed E-state index contributed by atoms with van der Waals surface area (Å²) in [6.45, 7) is 5.39. The van der Waals surface area contributed by atoms with Crippen molar-refractivity contribution >= 4 is 43.0 Å². The molecule has 0 aliphatic carbocycles. The van der Waals surface area contributed by atoms with Crippen molar-refractivity contribution in [1.29, 1.82) is 0 Å². The summed E-state index contributed by atoms with van der Waals surface area (Å²) >= 11 is 6.22. The normalized spacial score (nSPS) is 11.9. The number of anilines is 2. The van der Waals surface area contributed by atoms with Crippen molar-refractivity contribution in [2.24, 2.45) is 0 Å². The molecule has 9 heteroatoms. The van der Waals surface area contributed by atoms with Crippen molar-refractivity contribution in [2.75, 3.05) is 15.6 Å². The summed E-state index contributed by atoms with van der Waals surface area (Å²) in [6, 6.07) is 17.8. The molecule has 0 radical (unpaired) electrons. The Morgan fingerprint density at radius 2 is 1.55 bits per heavy atom. The molecular formula is C22H23ClN2O4S2. The number of nitrogens with zero attached hydrogens (tertiary/aromatic N) is 1.